The van der Waals surface area contributed by atoms with E-state index in [2.05, 4.69) is 4.94 Å². The van der Waals surface area contributed by atoms with Gasteiger partial charge in [-0.15, -0.1) is 0 Å². The van der Waals surface area contributed by atoms with Crippen LogP contribution in [-0.4, -0.2) is 17.7 Å². The van der Waals surface area contributed by atoms with E-state index in [0.717, 1.165) is 12.0 Å². The highest BCUT2D eigenvalue weighted by atomic mass is 19.3. The average molecular weight is 212 g/mol. The van der Waals surface area contributed by atoms with Crippen LogP contribution in [-0.2, 0) is 11.4 Å². The maximum absolute atomic E-state index is 11.7. The highest BCUT2D eigenvalue weighted by molar-refractivity contribution is 5.90. The Labute approximate surface area is 87.4 Å². The minimum Gasteiger partial charge on any atom is -0.396 e. The summed E-state index contributed by atoms with van der Waals surface area (Å²) in [7, 11) is 0. The molecule has 82 valence electrons. The fourth-order valence-electron chi connectivity index (χ4n) is 1.44. The molecule has 1 rings (SSSR count). The van der Waals surface area contributed by atoms with Gasteiger partial charge in [0.25, 0.3) is 0 Å². The number of hydrogen-bond acceptors (Lipinski definition) is 3. The van der Waals surface area contributed by atoms with Crippen LogP contribution >= 0.6 is 0 Å². The van der Waals surface area contributed by atoms with Crippen molar-refractivity contribution in [2.24, 2.45) is 0 Å². The zero-order valence-corrected chi connectivity index (χ0v) is 8.50. The number of carbonyl (C=O) groups excluding carboxylic acids is 1. The molecular formula is C11H13FO3. The Balaban J connectivity index is 2.83. The van der Waals surface area contributed by atoms with E-state index in [1.54, 1.807) is 19.1 Å². The van der Waals surface area contributed by atoms with Gasteiger partial charge in [0.05, 0.1) is 5.56 Å². The molecule has 0 spiro atoms. The van der Waals surface area contributed by atoms with E-state index in [-0.39, 0.29) is 12.2 Å². The van der Waals surface area contributed by atoms with Gasteiger partial charge in [-0.2, -0.15) is 0 Å². The minimum atomic E-state index is -0.971. The van der Waals surface area contributed by atoms with Crippen LogP contribution in [0.15, 0.2) is 18.2 Å². The number of carbonyl (C=O) groups is 1. The Morgan fingerprint density at radius 2 is 2.27 bits per heavy atom. The molecule has 1 aromatic carbocycles. The number of benzene rings is 1. The number of rotatable bonds is 4. The van der Waals surface area contributed by atoms with Crippen LogP contribution in [0.5, 0.6) is 0 Å². The van der Waals surface area contributed by atoms with E-state index in [0.29, 0.717) is 12.0 Å². The summed E-state index contributed by atoms with van der Waals surface area (Å²) in [5.74, 6) is -0.971. The Kier molecular flexibility index (Phi) is 4.24. The molecule has 0 radical (unpaired) electrons. The molecule has 1 aromatic rings. The lowest BCUT2D eigenvalue weighted by Gasteiger charge is -2.04. The van der Waals surface area contributed by atoms with E-state index in [4.69, 9.17) is 5.11 Å². The van der Waals surface area contributed by atoms with E-state index >= 15 is 0 Å². The third-order valence-corrected chi connectivity index (χ3v) is 2.20. The van der Waals surface area contributed by atoms with Crippen molar-refractivity contribution in [3.05, 3.63) is 34.9 Å². The first kappa shape index (κ1) is 11.7. The molecule has 0 bridgehead atoms. The van der Waals surface area contributed by atoms with Gasteiger partial charge in [0.2, 0.25) is 0 Å². The lowest BCUT2D eigenvalue weighted by molar-refractivity contribution is -0.0788. The van der Waals surface area contributed by atoms with E-state index in [1.807, 2.05) is 0 Å². The topological polar surface area (TPSA) is 46.5 Å². The standard InChI is InChI=1S/C11H13FO3/c1-8-7-9(3-2-6-13)4-5-10(8)11(14)15-12/h4-5,7,13H,2-3,6H2,1H3. The molecule has 0 fully saturated rings. The summed E-state index contributed by atoms with van der Waals surface area (Å²) in [6, 6.07) is 5.06. The van der Waals surface area contributed by atoms with Gasteiger partial charge in [0.1, 0.15) is 0 Å². The molecule has 0 aliphatic heterocycles. The molecule has 0 saturated carbocycles. The molecule has 4 heteroatoms. The van der Waals surface area contributed by atoms with Gasteiger partial charge in [-0.1, -0.05) is 12.1 Å². The number of halogens is 1. The van der Waals surface area contributed by atoms with Crippen LogP contribution in [0.2, 0.25) is 0 Å². The summed E-state index contributed by atoms with van der Waals surface area (Å²) in [6.45, 7) is 1.85. The maximum Gasteiger partial charge on any atom is 0.379 e. The number of aryl methyl sites for hydroxylation is 2. The average Bonchev–Trinajstić information content (AvgIpc) is 2.25. The Morgan fingerprint density at radius 3 is 2.80 bits per heavy atom. The first-order valence-corrected chi connectivity index (χ1v) is 4.72. The second kappa shape index (κ2) is 5.46. The minimum absolute atomic E-state index is 0.132. The lowest BCUT2D eigenvalue weighted by Crippen LogP contribution is -2.02. The highest BCUT2D eigenvalue weighted by Gasteiger charge is 2.11. The normalized spacial score (nSPS) is 10.1. The van der Waals surface area contributed by atoms with Crippen molar-refractivity contribution in [2.45, 2.75) is 19.8 Å². The SMILES string of the molecule is Cc1cc(CCCO)ccc1C(=O)OF. The van der Waals surface area contributed by atoms with Gasteiger partial charge in [-0.05, 0) is 37.0 Å². The first-order chi connectivity index (χ1) is 7.19. The second-order valence-electron chi connectivity index (χ2n) is 3.34. The van der Waals surface area contributed by atoms with E-state index < -0.39 is 5.97 Å². The quantitative estimate of drug-likeness (QED) is 0.829. The second-order valence-corrected chi connectivity index (χ2v) is 3.34. The van der Waals surface area contributed by atoms with Crippen LogP contribution in [0, 0.1) is 6.92 Å². The summed E-state index contributed by atoms with van der Waals surface area (Å²) in [5, 5.41) is 8.65. The van der Waals surface area contributed by atoms with Gasteiger partial charge in [-0.3, -0.25) is 0 Å². The lowest BCUT2D eigenvalue weighted by atomic mass is 10.0. The van der Waals surface area contributed by atoms with Crippen molar-refractivity contribution in [2.75, 3.05) is 6.61 Å². The molecule has 0 saturated heterocycles. The van der Waals surface area contributed by atoms with Crippen molar-refractivity contribution < 1.29 is 19.4 Å². The van der Waals surface area contributed by atoms with Gasteiger partial charge >= 0.3 is 5.97 Å². The Hall–Kier alpha value is -1.42. The molecule has 1 N–H and O–H groups in total. The van der Waals surface area contributed by atoms with Gasteiger partial charge in [-0.25, -0.2) is 9.74 Å². The molecule has 0 heterocycles. The number of aliphatic hydroxyl groups is 1. The van der Waals surface area contributed by atoms with Crippen molar-refractivity contribution in [3.8, 4) is 0 Å². The highest BCUT2D eigenvalue weighted by Crippen LogP contribution is 2.13. The first-order valence-electron chi connectivity index (χ1n) is 4.72. The fourth-order valence-corrected chi connectivity index (χ4v) is 1.44. The molecule has 15 heavy (non-hydrogen) atoms. The molecule has 0 aliphatic carbocycles. The summed E-state index contributed by atoms with van der Waals surface area (Å²) in [5.41, 5.74) is 1.91. The van der Waals surface area contributed by atoms with Gasteiger partial charge in [0.15, 0.2) is 0 Å². The molecule has 0 amide bonds. The molecule has 0 aromatic heterocycles. The summed E-state index contributed by atoms with van der Waals surface area (Å²) in [6.07, 6.45) is 1.41. The van der Waals surface area contributed by atoms with E-state index in [9.17, 15) is 9.32 Å². The fraction of sp³-hybridized carbons (Fsp3) is 0.364. The van der Waals surface area contributed by atoms with Crippen molar-refractivity contribution in [3.63, 3.8) is 0 Å². The zero-order valence-electron chi connectivity index (χ0n) is 8.50. The van der Waals surface area contributed by atoms with Crippen LogP contribution in [0.4, 0.5) is 4.53 Å². The Bertz CT molecular complexity index is 350. The third-order valence-electron chi connectivity index (χ3n) is 2.20. The van der Waals surface area contributed by atoms with E-state index in [1.165, 1.54) is 6.07 Å². The van der Waals surface area contributed by atoms with Crippen molar-refractivity contribution in [1.29, 1.82) is 0 Å². The molecule has 3 nitrogen and oxygen atoms in total. The summed E-state index contributed by atoms with van der Waals surface area (Å²) < 4.78 is 11.7. The zero-order chi connectivity index (χ0) is 11.3. The number of aliphatic hydroxyl groups excluding tert-OH is 1. The van der Waals surface area contributed by atoms with Crippen LogP contribution < -0.4 is 0 Å². The predicted octanol–water partition coefficient (Wildman–Crippen LogP) is 1.96. The predicted molar refractivity (Wildman–Crippen MR) is 53.1 cm³/mol. The summed E-state index contributed by atoms with van der Waals surface area (Å²) >= 11 is 0. The van der Waals surface area contributed by atoms with Crippen molar-refractivity contribution >= 4 is 5.97 Å². The third kappa shape index (κ3) is 3.02. The monoisotopic (exact) mass is 212 g/mol. The van der Waals surface area contributed by atoms with Crippen LogP contribution in [0.3, 0.4) is 0 Å². The van der Waals surface area contributed by atoms with Gasteiger partial charge in [0, 0.05) is 11.1 Å². The largest absolute Gasteiger partial charge is 0.396 e. The maximum atomic E-state index is 11.7. The molecular weight excluding hydrogens is 199 g/mol. The Morgan fingerprint density at radius 1 is 1.53 bits per heavy atom. The van der Waals surface area contributed by atoms with Crippen LogP contribution in [0.1, 0.15) is 27.9 Å². The number of hydrogen-bond donors (Lipinski definition) is 1. The molecule has 0 aliphatic rings. The van der Waals surface area contributed by atoms with Gasteiger partial charge < -0.3 is 5.11 Å². The van der Waals surface area contributed by atoms with Crippen molar-refractivity contribution in [1.82, 2.24) is 0 Å². The molecule has 0 unspecified atom stereocenters. The van der Waals surface area contributed by atoms with Crippen LogP contribution in [0.25, 0.3) is 0 Å². The molecule has 0 atom stereocenters. The smallest absolute Gasteiger partial charge is 0.379 e. The summed E-state index contributed by atoms with van der Waals surface area (Å²) in [4.78, 5) is 14.1.